The van der Waals surface area contributed by atoms with Crippen molar-refractivity contribution < 1.29 is 0 Å². The molecule has 0 aliphatic rings. The first kappa shape index (κ1) is 6.61. The van der Waals surface area contributed by atoms with E-state index >= 15 is 0 Å². The molecule has 2 aromatic rings. The third-order valence-electron chi connectivity index (χ3n) is 1.59. The number of aryl methyl sites for hydroxylation is 1. The van der Waals surface area contributed by atoms with Crippen LogP contribution in [0, 0.1) is 6.92 Å². The maximum Gasteiger partial charge on any atom is 0.115 e. The standard InChI is InChI=1S/C7H6ClN3/c1-4-2-5(8)3-6-7(4)10-11-9-6/h2-3H,1H3,(H,9,10,11). The first-order chi connectivity index (χ1) is 5.27. The number of nitrogens with one attached hydrogen (secondary N) is 1. The number of H-pyrrole nitrogens is 1. The molecule has 0 atom stereocenters. The lowest BCUT2D eigenvalue weighted by Crippen LogP contribution is -1.76. The van der Waals surface area contributed by atoms with Crippen LogP contribution in [0.2, 0.25) is 5.02 Å². The predicted octanol–water partition coefficient (Wildman–Crippen LogP) is 1.92. The SMILES string of the molecule is Cc1cc(Cl)cc2[nH]nnc12. The highest BCUT2D eigenvalue weighted by Gasteiger charge is 2.01. The Kier molecular flexibility index (Phi) is 1.32. The van der Waals surface area contributed by atoms with Crippen LogP contribution in [-0.2, 0) is 0 Å². The van der Waals surface area contributed by atoms with E-state index < -0.39 is 0 Å². The van der Waals surface area contributed by atoms with Crippen molar-refractivity contribution in [2.45, 2.75) is 6.92 Å². The second-order valence-corrected chi connectivity index (χ2v) is 2.87. The molecule has 0 aliphatic carbocycles. The van der Waals surface area contributed by atoms with E-state index in [-0.39, 0.29) is 0 Å². The minimum Gasteiger partial charge on any atom is -0.257 e. The predicted molar refractivity (Wildman–Crippen MR) is 43.6 cm³/mol. The monoisotopic (exact) mass is 167 g/mol. The quantitative estimate of drug-likeness (QED) is 0.652. The minimum atomic E-state index is 0.709. The molecule has 0 saturated carbocycles. The van der Waals surface area contributed by atoms with E-state index in [1.54, 1.807) is 0 Å². The van der Waals surface area contributed by atoms with Crippen LogP contribution in [0.15, 0.2) is 12.1 Å². The fourth-order valence-electron chi connectivity index (χ4n) is 1.08. The third kappa shape index (κ3) is 0.973. The minimum absolute atomic E-state index is 0.709. The molecule has 4 heteroatoms. The van der Waals surface area contributed by atoms with E-state index in [0.717, 1.165) is 16.6 Å². The second-order valence-electron chi connectivity index (χ2n) is 2.43. The molecule has 0 amide bonds. The maximum atomic E-state index is 5.81. The van der Waals surface area contributed by atoms with Gasteiger partial charge in [0.15, 0.2) is 0 Å². The van der Waals surface area contributed by atoms with Gasteiger partial charge in [-0.25, -0.2) is 0 Å². The molecule has 0 saturated heterocycles. The zero-order valence-electron chi connectivity index (χ0n) is 5.93. The lowest BCUT2D eigenvalue weighted by molar-refractivity contribution is 0.958. The summed E-state index contributed by atoms with van der Waals surface area (Å²) in [5.74, 6) is 0. The second kappa shape index (κ2) is 2.20. The van der Waals surface area contributed by atoms with Crippen LogP contribution in [-0.4, -0.2) is 15.4 Å². The Morgan fingerprint density at radius 2 is 2.27 bits per heavy atom. The summed E-state index contributed by atoms with van der Waals surface area (Å²) in [5, 5.41) is 11.0. The molecule has 0 fully saturated rings. The maximum absolute atomic E-state index is 5.81. The van der Waals surface area contributed by atoms with Gasteiger partial charge in [-0.3, -0.25) is 5.10 Å². The van der Waals surface area contributed by atoms with Gasteiger partial charge in [-0.2, -0.15) is 0 Å². The van der Waals surface area contributed by atoms with Gasteiger partial charge in [-0.05, 0) is 24.6 Å². The van der Waals surface area contributed by atoms with Gasteiger partial charge < -0.3 is 0 Å². The fraction of sp³-hybridized carbons (Fsp3) is 0.143. The van der Waals surface area contributed by atoms with Crippen LogP contribution in [0.4, 0.5) is 0 Å². The number of benzene rings is 1. The van der Waals surface area contributed by atoms with E-state index in [0.29, 0.717) is 5.02 Å². The zero-order valence-corrected chi connectivity index (χ0v) is 6.68. The van der Waals surface area contributed by atoms with Crippen LogP contribution >= 0.6 is 11.6 Å². The molecule has 56 valence electrons. The van der Waals surface area contributed by atoms with E-state index in [1.165, 1.54) is 0 Å². The summed E-state index contributed by atoms with van der Waals surface area (Å²) in [6.45, 7) is 1.96. The number of hydrogen-bond acceptors (Lipinski definition) is 2. The van der Waals surface area contributed by atoms with Gasteiger partial charge in [0.1, 0.15) is 5.52 Å². The molecule has 0 unspecified atom stereocenters. The summed E-state index contributed by atoms with van der Waals surface area (Å²) in [6, 6.07) is 3.68. The van der Waals surface area contributed by atoms with Gasteiger partial charge >= 0.3 is 0 Å². The lowest BCUT2D eigenvalue weighted by Gasteiger charge is -1.93. The highest BCUT2D eigenvalue weighted by atomic mass is 35.5. The Morgan fingerprint density at radius 3 is 3.09 bits per heavy atom. The molecule has 1 N–H and O–H groups in total. The van der Waals surface area contributed by atoms with Crippen molar-refractivity contribution >= 4 is 22.6 Å². The van der Waals surface area contributed by atoms with Crippen LogP contribution in [0.25, 0.3) is 11.0 Å². The number of hydrogen-bond donors (Lipinski definition) is 1. The third-order valence-corrected chi connectivity index (χ3v) is 1.80. The van der Waals surface area contributed by atoms with Gasteiger partial charge in [0.05, 0.1) is 5.52 Å². The molecule has 1 aromatic heterocycles. The van der Waals surface area contributed by atoms with Crippen molar-refractivity contribution in [1.29, 1.82) is 0 Å². The van der Waals surface area contributed by atoms with Crippen LogP contribution < -0.4 is 0 Å². The first-order valence-corrected chi connectivity index (χ1v) is 3.62. The largest absolute Gasteiger partial charge is 0.257 e. The Morgan fingerprint density at radius 1 is 1.45 bits per heavy atom. The van der Waals surface area contributed by atoms with E-state index in [4.69, 9.17) is 11.6 Å². The molecule has 0 bridgehead atoms. The summed E-state index contributed by atoms with van der Waals surface area (Å²) in [4.78, 5) is 0. The summed E-state index contributed by atoms with van der Waals surface area (Å²) in [5.41, 5.74) is 2.81. The highest BCUT2D eigenvalue weighted by molar-refractivity contribution is 6.31. The molecular formula is C7H6ClN3. The normalized spacial score (nSPS) is 10.7. The number of nitrogens with zero attached hydrogens (tertiary/aromatic N) is 2. The smallest absolute Gasteiger partial charge is 0.115 e. The Hall–Kier alpha value is -1.09. The molecular weight excluding hydrogens is 162 g/mol. The topological polar surface area (TPSA) is 41.6 Å². The average molecular weight is 168 g/mol. The summed E-state index contributed by atoms with van der Waals surface area (Å²) in [7, 11) is 0. The Balaban J connectivity index is 2.91. The zero-order chi connectivity index (χ0) is 7.84. The van der Waals surface area contributed by atoms with E-state index in [1.807, 2.05) is 19.1 Å². The van der Waals surface area contributed by atoms with Gasteiger partial charge in [0.2, 0.25) is 0 Å². The molecule has 0 aliphatic heterocycles. The van der Waals surface area contributed by atoms with Crippen molar-refractivity contribution in [3.8, 4) is 0 Å². The van der Waals surface area contributed by atoms with Crippen LogP contribution in [0.5, 0.6) is 0 Å². The van der Waals surface area contributed by atoms with Gasteiger partial charge in [0, 0.05) is 5.02 Å². The number of fused-ring (bicyclic) bond motifs is 1. The average Bonchev–Trinajstić information content (AvgIpc) is 2.34. The number of aromatic amines is 1. The van der Waals surface area contributed by atoms with Crippen molar-refractivity contribution in [2.75, 3.05) is 0 Å². The van der Waals surface area contributed by atoms with Gasteiger partial charge in [-0.1, -0.05) is 16.8 Å². The first-order valence-electron chi connectivity index (χ1n) is 3.24. The van der Waals surface area contributed by atoms with Gasteiger partial charge in [-0.15, -0.1) is 5.10 Å². The molecule has 3 nitrogen and oxygen atoms in total. The molecule has 0 spiro atoms. The number of aromatic nitrogens is 3. The van der Waals surface area contributed by atoms with E-state index in [9.17, 15) is 0 Å². The van der Waals surface area contributed by atoms with Crippen molar-refractivity contribution in [2.24, 2.45) is 0 Å². The molecule has 11 heavy (non-hydrogen) atoms. The fourth-order valence-corrected chi connectivity index (χ4v) is 1.36. The summed E-state index contributed by atoms with van der Waals surface area (Å²) in [6.07, 6.45) is 0. The van der Waals surface area contributed by atoms with Crippen LogP contribution in [0.1, 0.15) is 5.56 Å². The number of rotatable bonds is 0. The van der Waals surface area contributed by atoms with E-state index in [2.05, 4.69) is 15.4 Å². The molecule has 1 aromatic carbocycles. The molecule has 2 rings (SSSR count). The van der Waals surface area contributed by atoms with Crippen molar-refractivity contribution in [3.63, 3.8) is 0 Å². The lowest BCUT2D eigenvalue weighted by atomic mass is 10.2. The highest BCUT2D eigenvalue weighted by Crippen LogP contribution is 2.18. The Labute approximate surface area is 68.4 Å². The van der Waals surface area contributed by atoms with Gasteiger partial charge in [0.25, 0.3) is 0 Å². The molecule has 0 radical (unpaired) electrons. The Bertz CT molecular complexity index is 393. The van der Waals surface area contributed by atoms with Crippen LogP contribution in [0.3, 0.4) is 0 Å². The van der Waals surface area contributed by atoms with Crippen molar-refractivity contribution in [1.82, 2.24) is 15.4 Å². The summed E-state index contributed by atoms with van der Waals surface area (Å²) >= 11 is 5.81. The number of halogens is 1. The summed E-state index contributed by atoms with van der Waals surface area (Å²) < 4.78 is 0. The molecule has 1 heterocycles. The van der Waals surface area contributed by atoms with Crippen molar-refractivity contribution in [3.05, 3.63) is 22.7 Å².